The lowest BCUT2D eigenvalue weighted by atomic mass is 9.89. The van der Waals surface area contributed by atoms with Crippen molar-refractivity contribution in [3.05, 3.63) is 29.8 Å². The largest absolute Gasteiger partial charge is 0.380 e. The summed E-state index contributed by atoms with van der Waals surface area (Å²) in [5, 5.41) is 3.37. The monoisotopic (exact) mass is 269 g/mol. The van der Waals surface area contributed by atoms with Crippen LogP contribution in [0.3, 0.4) is 0 Å². The molecule has 0 aliphatic carbocycles. The third kappa shape index (κ3) is 3.31. The maximum absolute atomic E-state index is 11.3. The van der Waals surface area contributed by atoms with Crippen molar-refractivity contribution in [1.82, 2.24) is 5.32 Å². The molecule has 2 rings (SSSR count). The van der Waals surface area contributed by atoms with Crippen LogP contribution in [0.15, 0.2) is 29.2 Å². The van der Waals surface area contributed by atoms with Crippen molar-refractivity contribution in [1.29, 1.82) is 0 Å². The van der Waals surface area contributed by atoms with Gasteiger partial charge in [-0.2, -0.15) is 0 Å². The summed E-state index contributed by atoms with van der Waals surface area (Å²) in [6.45, 7) is 5.48. The molecule has 0 spiro atoms. The molecule has 1 heterocycles. The molecule has 1 aliphatic rings. The van der Waals surface area contributed by atoms with Gasteiger partial charge < -0.3 is 10.1 Å². The second kappa shape index (κ2) is 4.99. The molecule has 0 saturated carbocycles. The Balaban J connectivity index is 1.87. The molecule has 0 radical (unpaired) electrons. The smallest absolute Gasteiger partial charge is 0.175 e. The Morgan fingerprint density at radius 1 is 1.28 bits per heavy atom. The van der Waals surface area contributed by atoms with Crippen molar-refractivity contribution in [2.24, 2.45) is 5.41 Å². The minimum absolute atomic E-state index is 0.257. The summed E-state index contributed by atoms with van der Waals surface area (Å²) in [6, 6.07) is 7.01. The van der Waals surface area contributed by atoms with Gasteiger partial charge in [0.05, 0.1) is 18.1 Å². The Labute approximate surface area is 108 Å². The van der Waals surface area contributed by atoms with E-state index in [1.165, 1.54) is 6.26 Å². The molecule has 1 N–H and O–H groups in total. The molecular formula is C13H19NO3S. The zero-order chi connectivity index (χ0) is 13.2. The van der Waals surface area contributed by atoms with E-state index in [1.807, 2.05) is 12.1 Å². The van der Waals surface area contributed by atoms with Gasteiger partial charge in [-0.1, -0.05) is 19.1 Å². The van der Waals surface area contributed by atoms with E-state index in [0.29, 0.717) is 4.90 Å². The molecule has 0 amide bonds. The zero-order valence-corrected chi connectivity index (χ0v) is 11.6. The van der Waals surface area contributed by atoms with Crippen LogP contribution >= 0.6 is 0 Å². The normalized spacial score (nSPS) is 18.3. The number of rotatable bonds is 5. The summed E-state index contributed by atoms with van der Waals surface area (Å²) in [4.78, 5) is 0.366. The van der Waals surface area contributed by atoms with E-state index >= 15 is 0 Å². The van der Waals surface area contributed by atoms with Gasteiger partial charge in [0.15, 0.2) is 9.84 Å². The lowest BCUT2D eigenvalue weighted by Gasteiger charge is -2.38. The van der Waals surface area contributed by atoms with E-state index < -0.39 is 9.84 Å². The van der Waals surface area contributed by atoms with Crippen LogP contribution in [0.4, 0.5) is 0 Å². The summed E-state index contributed by atoms with van der Waals surface area (Å²) in [6.07, 6.45) is 1.22. The summed E-state index contributed by atoms with van der Waals surface area (Å²) in [5.74, 6) is 0. The fourth-order valence-corrected chi connectivity index (χ4v) is 2.55. The van der Waals surface area contributed by atoms with Crippen LogP contribution in [0.5, 0.6) is 0 Å². The van der Waals surface area contributed by atoms with Crippen LogP contribution in [0, 0.1) is 5.41 Å². The van der Waals surface area contributed by atoms with Crippen LogP contribution in [-0.4, -0.2) is 34.4 Å². The minimum Gasteiger partial charge on any atom is -0.380 e. The highest BCUT2D eigenvalue weighted by Crippen LogP contribution is 2.25. The van der Waals surface area contributed by atoms with E-state index in [1.54, 1.807) is 12.1 Å². The molecule has 5 heteroatoms. The van der Waals surface area contributed by atoms with Crippen molar-refractivity contribution in [2.75, 3.05) is 26.0 Å². The van der Waals surface area contributed by atoms with Gasteiger partial charge in [0.1, 0.15) is 0 Å². The van der Waals surface area contributed by atoms with Gasteiger partial charge in [-0.3, -0.25) is 0 Å². The van der Waals surface area contributed by atoms with Gasteiger partial charge in [-0.05, 0) is 17.7 Å². The SMILES string of the molecule is CC1(CNCc2ccc(S(C)(=O)=O)cc2)COC1. The number of hydrogen-bond donors (Lipinski definition) is 1. The molecule has 1 saturated heterocycles. The number of nitrogens with one attached hydrogen (secondary N) is 1. The maximum atomic E-state index is 11.3. The van der Waals surface area contributed by atoms with Crippen molar-refractivity contribution < 1.29 is 13.2 Å². The minimum atomic E-state index is -3.10. The number of hydrogen-bond acceptors (Lipinski definition) is 4. The van der Waals surface area contributed by atoms with Gasteiger partial charge in [0.25, 0.3) is 0 Å². The molecular weight excluding hydrogens is 250 g/mol. The average Bonchev–Trinajstić information content (AvgIpc) is 2.26. The standard InChI is InChI=1S/C13H19NO3S/c1-13(9-17-10-13)8-14-7-11-3-5-12(6-4-11)18(2,15)16/h3-6,14H,7-10H2,1-2H3. The molecule has 1 aromatic rings. The quantitative estimate of drug-likeness (QED) is 0.873. The van der Waals surface area contributed by atoms with Crippen LogP contribution < -0.4 is 5.32 Å². The van der Waals surface area contributed by atoms with Gasteiger partial charge in [0.2, 0.25) is 0 Å². The number of sulfone groups is 1. The van der Waals surface area contributed by atoms with Crippen molar-refractivity contribution >= 4 is 9.84 Å². The second-order valence-corrected chi connectivity index (χ2v) is 7.34. The third-order valence-electron chi connectivity index (χ3n) is 3.13. The fraction of sp³-hybridized carbons (Fsp3) is 0.538. The van der Waals surface area contributed by atoms with E-state index in [9.17, 15) is 8.42 Å². The predicted octanol–water partition coefficient (Wildman–Crippen LogP) is 1.22. The van der Waals surface area contributed by atoms with Crippen molar-refractivity contribution in [2.45, 2.75) is 18.4 Å². The molecule has 0 unspecified atom stereocenters. The Morgan fingerprint density at radius 3 is 2.33 bits per heavy atom. The topological polar surface area (TPSA) is 55.4 Å². The Morgan fingerprint density at radius 2 is 1.89 bits per heavy atom. The highest BCUT2D eigenvalue weighted by atomic mass is 32.2. The molecule has 0 atom stereocenters. The van der Waals surface area contributed by atoms with Gasteiger partial charge in [0, 0.05) is 24.8 Å². The zero-order valence-electron chi connectivity index (χ0n) is 10.8. The first-order valence-electron chi connectivity index (χ1n) is 5.97. The first-order chi connectivity index (χ1) is 8.39. The van der Waals surface area contributed by atoms with Gasteiger partial charge in [-0.15, -0.1) is 0 Å². The van der Waals surface area contributed by atoms with Crippen LogP contribution in [0.25, 0.3) is 0 Å². The fourth-order valence-electron chi connectivity index (χ4n) is 1.92. The molecule has 0 aromatic heterocycles. The van der Waals surface area contributed by atoms with Gasteiger partial charge >= 0.3 is 0 Å². The Bertz CT molecular complexity index is 504. The summed E-state index contributed by atoms with van der Waals surface area (Å²) >= 11 is 0. The summed E-state index contributed by atoms with van der Waals surface area (Å²) < 4.78 is 27.8. The van der Waals surface area contributed by atoms with Crippen LogP contribution in [-0.2, 0) is 21.1 Å². The van der Waals surface area contributed by atoms with E-state index in [4.69, 9.17) is 4.74 Å². The van der Waals surface area contributed by atoms with E-state index in [2.05, 4.69) is 12.2 Å². The summed E-state index contributed by atoms with van der Waals surface area (Å²) in [5.41, 5.74) is 1.35. The number of ether oxygens (including phenoxy) is 1. The molecule has 0 bridgehead atoms. The van der Waals surface area contributed by atoms with Crippen LogP contribution in [0.1, 0.15) is 12.5 Å². The third-order valence-corrected chi connectivity index (χ3v) is 4.26. The van der Waals surface area contributed by atoms with Crippen molar-refractivity contribution in [3.8, 4) is 0 Å². The van der Waals surface area contributed by atoms with Gasteiger partial charge in [-0.25, -0.2) is 8.42 Å². The highest BCUT2D eigenvalue weighted by molar-refractivity contribution is 7.90. The van der Waals surface area contributed by atoms with E-state index in [0.717, 1.165) is 31.9 Å². The van der Waals surface area contributed by atoms with Crippen LogP contribution in [0.2, 0.25) is 0 Å². The maximum Gasteiger partial charge on any atom is 0.175 e. The Kier molecular flexibility index (Phi) is 3.75. The predicted molar refractivity (Wildman–Crippen MR) is 70.2 cm³/mol. The lowest BCUT2D eigenvalue weighted by Crippen LogP contribution is -2.47. The lowest BCUT2D eigenvalue weighted by molar-refractivity contribution is -0.0991. The molecule has 100 valence electrons. The Hall–Kier alpha value is -0.910. The first kappa shape index (κ1) is 13.5. The molecule has 18 heavy (non-hydrogen) atoms. The molecule has 1 fully saturated rings. The highest BCUT2D eigenvalue weighted by Gasteiger charge is 2.32. The van der Waals surface area contributed by atoms with E-state index in [-0.39, 0.29) is 5.41 Å². The first-order valence-corrected chi connectivity index (χ1v) is 7.86. The second-order valence-electron chi connectivity index (χ2n) is 5.32. The molecule has 4 nitrogen and oxygen atoms in total. The molecule has 1 aromatic carbocycles. The van der Waals surface area contributed by atoms with Crippen molar-refractivity contribution in [3.63, 3.8) is 0 Å². The molecule has 1 aliphatic heterocycles. The number of benzene rings is 1. The summed E-state index contributed by atoms with van der Waals surface area (Å²) in [7, 11) is -3.10. The average molecular weight is 269 g/mol.